The molecule has 1 unspecified atom stereocenters. The van der Waals surface area contributed by atoms with Crippen molar-refractivity contribution < 1.29 is 26.8 Å². The molecule has 2 aromatic rings. The molecule has 1 fully saturated rings. The van der Waals surface area contributed by atoms with Crippen LogP contribution in [-0.2, 0) is 26.2 Å². The first-order valence-corrected chi connectivity index (χ1v) is 10.6. The number of hydrogen-bond acceptors (Lipinski definition) is 4. The third kappa shape index (κ3) is 4.49. The number of carbonyl (C=O) groups excluding carboxylic acids is 2. The van der Waals surface area contributed by atoms with Gasteiger partial charge in [-0.05, 0) is 23.8 Å². The van der Waals surface area contributed by atoms with Crippen molar-refractivity contribution >= 4 is 27.5 Å². The second-order valence-corrected chi connectivity index (χ2v) is 9.27. The molecule has 2 aromatic carbocycles. The van der Waals surface area contributed by atoms with Crippen molar-refractivity contribution in [2.75, 3.05) is 25.5 Å². The standard InChI is InChI=1S/C20H21F2N3O4S/c1-24(2)30(28,29)18-6-4-3-5-13(18)11-23-20(27)14-7-19(26)25(12-14)17-9-15(21)8-16(22)10-17/h3-6,8-10,14H,7,11-12H2,1-2H3,(H,23,27). The zero-order valence-electron chi connectivity index (χ0n) is 16.4. The van der Waals surface area contributed by atoms with E-state index in [4.69, 9.17) is 0 Å². The Morgan fingerprint density at radius 1 is 1.17 bits per heavy atom. The number of anilines is 1. The highest BCUT2D eigenvalue weighted by atomic mass is 32.2. The highest BCUT2D eigenvalue weighted by Gasteiger charge is 2.35. The highest BCUT2D eigenvalue weighted by Crippen LogP contribution is 2.27. The van der Waals surface area contributed by atoms with Crippen LogP contribution in [-0.4, -0.2) is 45.2 Å². The third-order valence-electron chi connectivity index (χ3n) is 4.84. The molecule has 0 radical (unpaired) electrons. The van der Waals surface area contributed by atoms with Gasteiger partial charge in [0.05, 0.1) is 10.8 Å². The molecule has 0 spiro atoms. The fourth-order valence-electron chi connectivity index (χ4n) is 3.25. The Kier molecular flexibility index (Phi) is 6.18. The van der Waals surface area contributed by atoms with E-state index in [9.17, 15) is 26.8 Å². The molecule has 1 N–H and O–H groups in total. The maximum absolute atomic E-state index is 13.5. The number of hydrogen-bond donors (Lipinski definition) is 1. The van der Waals surface area contributed by atoms with Gasteiger partial charge in [0.15, 0.2) is 0 Å². The smallest absolute Gasteiger partial charge is 0.242 e. The van der Waals surface area contributed by atoms with Gasteiger partial charge in [-0.2, -0.15) is 0 Å². The second kappa shape index (κ2) is 8.49. The van der Waals surface area contributed by atoms with Gasteiger partial charge in [0.2, 0.25) is 21.8 Å². The van der Waals surface area contributed by atoms with E-state index < -0.39 is 39.4 Å². The molecule has 7 nitrogen and oxygen atoms in total. The summed E-state index contributed by atoms with van der Waals surface area (Å²) in [6.45, 7) is -0.0629. The zero-order valence-corrected chi connectivity index (χ0v) is 17.2. The van der Waals surface area contributed by atoms with Gasteiger partial charge in [-0.25, -0.2) is 21.5 Å². The largest absolute Gasteiger partial charge is 0.352 e. The van der Waals surface area contributed by atoms with Crippen LogP contribution in [0.3, 0.4) is 0 Å². The van der Waals surface area contributed by atoms with Gasteiger partial charge in [-0.15, -0.1) is 0 Å². The van der Waals surface area contributed by atoms with Crippen molar-refractivity contribution in [3.63, 3.8) is 0 Å². The van der Waals surface area contributed by atoms with Crippen molar-refractivity contribution in [2.45, 2.75) is 17.9 Å². The topological polar surface area (TPSA) is 86.8 Å². The molecule has 1 aliphatic heterocycles. The van der Waals surface area contributed by atoms with E-state index >= 15 is 0 Å². The average molecular weight is 437 g/mol. The molecule has 0 aliphatic carbocycles. The normalized spacial score (nSPS) is 16.9. The van der Waals surface area contributed by atoms with Crippen molar-refractivity contribution in [3.8, 4) is 0 Å². The summed E-state index contributed by atoms with van der Waals surface area (Å²) in [5.74, 6) is -3.22. The van der Waals surface area contributed by atoms with E-state index in [1.165, 1.54) is 25.1 Å². The Morgan fingerprint density at radius 3 is 2.43 bits per heavy atom. The Hall–Kier alpha value is -2.85. The maximum atomic E-state index is 13.5. The predicted octanol–water partition coefficient (Wildman–Crippen LogP) is 1.88. The summed E-state index contributed by atoms with van der Waals surface area (Å²) in [5, 5.41) is 2.66. The quantitative estimate of drug-likeness (QED) is 0.748. The molecule has 3 rings (SSSR count). The lowest BCUT2D eigenvalue weighted by atomic mass is 10.1. The highest BCUT2D eigenvalue weighted by molar-refractivity contribution is 7.89. The SMILES string of the molecule is CN(C)S(=O)(=O)c1ccccc1CNC(=O)C1CC(=O)N(c2cc(F)cc(F)c2)C1. The van der Waals surface area contributed by atoms with E-state index in [-0.39, 0.29) is 30.1 Å². The van der Waals surface area contributed by atoms with Gasteiger partial charge in [-0.3, -0.25) is 9.59 Å². The van der Waals surface area contributed by atoms with Crippen molar-refractivity contribution in [2.24, 2.45) is 5.92 Å². The average Bonchev–Trinajstić information content (AvgIpc) is 3.07. The molecule has 30 heavy (non-hydrogen) atoms. The molecule has 0 bridgehead atoms. The molecule has 1 heterocycles. The molecule has 1 saturated heterocycles. The Labute approximate surface area is 173 Å². The first-order chi connectivity index (χ1) is 14.1. The zero-order chi connectivity index (χ0) is 22.1. The first kappa shape index (κ1) is 21.8. The lowest BCUT2D eigenvalue weighted by Crippen LogP contribution is -2.33. The van der Waals surface area contributed by atoms with Crippen LogP contribution in [0, 0.1) is 17.6 Å². The number of sulfonamides is 1. The minimum absolute atomic E-state index is 0.0226. The molecule has 0 aromatic heterocycles. The number of nitrogens with zero attached hydrogens (tertiary/aromatic N) is 2. The monoisotopic (exact) mass is 437 g/mol. The number of rotatable bonds is 6. The summed E-state index contributed by atoms with van der Waals surface area (Å²) in [4.78, 5) is 26.1. The van der Waals surface area contributed by atoms with Crippen molar-refractivity contribution in [3.05, 3.63) is 59.7 Å². The summed E-state index contributed by atoms with van der Waals surface area (Å²) in [6, 6.07) is 9.07. The van der Waals surface area contributed by atoms with Crippen molar-refractivity contribution in [1.29, 1.82) is 0 Å². The summed E-state index contributed by atoms with van der Waals surface area (Å²) in [5.41, 5.74) is 0.461. The Bertz CT molecular complexity index is 1070. The predicted molar refractivity (Wildman–Crippen MR) is 106 cm³/mol. The number of amides is 2. The molecule has 10 heteroatoms. The number of benzene rings is 2. The summed E-state index contributed by atoms with van der Waals surface area (Å²) in [7, 11) is -0.857. The van der Waals surface area contributed by atoms with E-state index in [1.807, 2.05) is 0 Å². The Balaban J connectivity index is 1.71. The maximum Gasteiger partial charge on any atom is 0.242 e. The van der Waals surface area contributed by atoms with Gasteiger partial charge < -0.3 is 10.2 Å². The number of nitrogens with one attached hydrogen (secondary N) is 1. The van der Waals surface area contributed by atoms with Gasteiger partial charge in [-0.1, -0.05) is 18.2 Å². The lowest BCUT2D eigenvalue weighted by molar-refractivity contribution is -0.126. The van der Waals surface area contributed by atoms with Gasteiger partial charge in [0.25, 0.3) is 0 Å². The fraction of sp³-hybridized carbons (Fsp3) is 0.300. The molecule has 2 amide bonds. The van der Waals surface area contributed by atoms with Crippen LogP contribution in [0.1, 0.15) is 12.0 Å². The Morgan fingerprint density at radius 2 is 1.80 bits per heavy atom. The van der Waals surface area contributed by atoms with Crippen LogP contribution in [0.4, 0.5) is 14.5 Å². The summed E-state index contributed by atoms with van der Waals surface area (Å²) in [6.07, 6.45) is -0.110. The minimum Gasteiger partial charge on any atom is -0.352 e. The number of carbonyl (C=O) groups is 2. The van der Waals surface area contributed by atoms with Gasteiger partial charge in [0.1, 0.15) is 11.6 Å². The summed E-state index contributed by atoms with van der Waals surface area (Å²) < 4.78 is 52.9. The van der Waals surface area contributed by atoms with E-state index in [2.05, 4.69) is 5.32 Å². The molecular weight excluding hydrogens is 416 g/mol. The van der Waals surface area contributed by atoms with Gasteiger partial charge in [0, 0.05) is 45.4 Å². The first-order valence-electron chi connectivity index (χ1n) is 9.14. The molecule has 1 atom stereocenters. The van der Waals surface area contributed by atoms with E-state index in [0.717, 1.165) is 16.4 Å². The molecule has 1 aliphatic rings. The van der Waals surface area contributed by atoms with Crippen LogP contribution in [0.15, 0.2) is 47.4 Å². The molecular formula is C20H21F2N3O4S. The van der Waals surface area contributed by atoms with Crippen LogP contribution >= 0.6 is 0 Å². The van der Waals surface area contributed by atoms with E-state index in [0.29, 0.717) is 11.6 Å². The third-order valence-corrected chi connectivity index (χ3v) is 6.75. The summed E-state index contributed by atoms with van der Waals surface area (Å²) >= 11 is 0. The van der Waals surface area contributed by atoms with Crippen LogP contribution < -0.4 is 10.2 Å². The molecule has 0 saturated carbocycles. The van der Waals surface area contributed by atoms with Crippen LogP contribution in [0.2, 0.25) is 0 Å². The van der Waals surface area contributed by atoms with E-state index in [1.54, 1.807) is 18.2 Å². The fourth-order valence-corrected chi connectivity index (χ4v) is 4.37. The van der Waals surface area contributed by atoms with Crippen LogP contribution in [0.5, 0.6) is 0 Å². The molecule has 160 valence electrons. The van der Waals surface area contributed by atoms with Crippen molar-refractivity contribution in [1.82, 2.24) is 9.62 Å². The second-order valence-electron chi connectivity index (χ2n) is 7.15. The minimum atomic E-state index is -3.69. The number of halogens is 2. The lowest BCUT2D eigenvalue weighted by Gasteiger charge is -2.18. The van der Waals surface area contributed by atoms with Crippen LogP contribution in [0.25, 0.3) is 0 Å². The van der Waals surface area contributed by atoms with Gasteiger partial charge >= 0.3 is 0 Å².